The molecule has 8 rings (SSSR count). The number of thiazole rings is 1. The molecule has 2 saturated carbocycles. The first-order chi connectivity index (χ1) is 29.4. The number of nitrogens with zero attached hydrogens (tertiary/aromatic N) is 7. The molecule has 2 aliphatic carbocycles. The van der Waals surface area contributed by atoms with Crippen molar-refractivity contribution in [1.29, 1.82) is 0 Å². The van der Waals surface area contributed by atoms with Crippen molar-refractivity contribution in [3.05, 3.63) is 48.0 Å². The van der Waals surface area contributed by atoms with Gasteiger partial charge in [0.2, 0.25) is 11.8 Å². The molecule has 3 N–H and O–H groups in total. The van der Waals surface area contributed by atoms with Gasteiger partial charge in [-0.2, -0.15) is 22.6 Å². The first-order valence-corrected chi connectivity index (χ1v) is 23.5. The number of carbonyl (C=O) groups excluding carboxylic acids is 4. The monoisotopic (exact) mass is 878 g/mol. The Morgan fingerprint density at radius 1 is 0.967 bits per heavy atom. The topological polar surface area (TPSA) is 210 Å². The van der Waals surface area contributed by atoms with Gasteiger partial charge in [-0.25, -0.2) is 14.5 Å². The fourth-order valence-corrected chi connectivity index (χ4v) is 10.6. The average molecular weight is 879 g/mol. The molecule has 2 aromatic heterocycles. The van der Waals surface area contributed by atoms with E-state index in [1.165, 1.54) is 25.3 Å². The van der Waals surface area contributed by atoms with Crippen LogP contribution in [0.15, 0.2) is 48.0 Å². The number of carbonyl (C=O) groups is 4. The normalized spacial score (nSPS) is 27.5. The zero-order chi connectivity index (χ0) is 42.7. The molecule has 61 heavy (non-hydrogen) atoms. The number of rotatable bonds is 9. The minimum atomic E-state index is -4.21. The van der Waals surface area contributed by atoms with Crippen molar-refractivity contribution in [2.75, 3.05) is 46.9 Å². The van der Waals surface area contributed by atoms with Crippen LogP contribution in [0.25, 0.3) is 22.0 Å². The summed E-state index contributed by atoms with van der Waals surface area (Å²) in [6.45, 7) is 1.49. The SMILES string of the molecule is COc1ccc(-c2nn([C@@H]3C[C@H]4C(=O)N[C@]5(C(=O)NS(=O)(=O)N6CCN(C)CC6)C[C@H]5/C=C/CCCCC[C@@H](NC(=O)OC5CCCC5)C(=O)N4C3)nc2-c2nccs2)cc1. The fourth-order valence-electron chi connectivity index (χ4n) is 8.81. The van der Waals surface area contributed by atoms with Crippen LogP contribution in [0.2, 0.25) is 0 Å². The van der Waals surface area contributed by atoms with Gasteiger partial charge in [-0.1, -0.05) is 25.0 Å². The summed E-state index contributed by atoms with van der Waals surface area (Å²) in [5, 5.41) is 18.1. The Kier molecular flexibility index (Phi) is 12.8. The fraction of sp³-hybridized carbons (Fsp3) is 0.585. The molecule has 2 saturated heterocycles. The lowest BCUT2D eigenvalue weighted by Crippen LogP contribution is -2.60. The highest BCUT2D eigenvalue weighted by molar-refractivity contribution is 7.87. The molecular weight excluding hydrogens is 825 g/mol. The van der Waals surface area contributed by atoms with E-state index in [1.807, 2.05) is 53.7 Å². The molecule has 0 unspecified atom stereocenters. The molecule has 0 bridgehead atoms. The predicted molar refractivity (Wildman–Crippen MR) is 225 cm³/mol. The number of amides is 4. The van der Waals surface area contributed by atoms with E-state index in [2.05, 4.69) is 20.3 Å². The Labute approximate surface area is 359 Å². The number of aromatic nitrogens is 4. The van der Waals surface area contributed by atoms with Gasteiger partial charge in [-0.3, -0.25) is 14.4 Å². The Morgan fingerprint density at radius 3 is 2.43 bits per heavy atom. The van der Waals surface area contributed by atoms with Crippen LogP contribution >= 0.6 is 11.3 Å². The number of likely N-dealkylation sites (N-methyl/N-ethyl adjacent to an activating group) is 1. The summed E-state index contributed by atoms with van der Waals surface area (Å²) >= 11 is 1.40. The van der Waals surface area contributed by atoms with E-state index in [9.17, 15) is 27.6 Å². The van der Waals surface area contributed by atoms with Crippen molar-refractivity contribution >= 4 is 45.4 Å². The predicted octanol–water partition coefficient (Wildman–Crippen LogP) is 3.26. The third-order valence-corrected chi connectivity index (χ3v) is 14.8. The zero-order valence-corrected chi connectivity index (χ0v) is 36.2. The minimum Gasteiger partial charge on any atom is -0.497 e. The van der Waals surface area contributed by atoms with E-state index in [0.717, 1.165) is 44.1 Å². The smallest absolute Gasteiger partial charge is 0.408 e. The highest BCUT2D eigenvalue weighted by atomic mass is 32.2. The summed E-state index contributed by atoms with van der Waals surface area (Å²) in [7, 11) is -0.722. The minimum absolute atomic E-state index is 0.0150. The quantitative estimate of drug-likeness (QED) is 0.265. The maximum atomic E-state index is 14.8. The van der Waals surface area contributed by atoms with Crippen LogP contribution in [0, 0.1) is 5.92 Å². The van der Waals surface area contributed by atoms with Crippen molar-refractivity contribution in [2.24, 2.45) is 5.92 Å². The third-order valence-electron chi connectivity index (χ3n) is 12.5. The molecule has 1 aromatic carbocycles. The summed E-state index contributed by atoms with van der Waals surface area (Å²) in [6.07, 6.45) is 11.5. The van der Waals surface area contributed by atoms with Gasteiger partial charge in [0, 0.05) is 62.2 Å². The van der Waals surface area contributed by atoms with Gasteiger partial charge in [0.15, 0.2) is 0 Å². The van der Waals surface area contributed by atoms with Crippen LogP contribution in [-0.2, 0) is 29.3 Å². The standard InChI is InChI=1S/C41H54N10O8S2/c1-48-19-21-49(22-20-48)61(56,57)47-39(54)41-25-28(41)10-6-4-3-5-7-13-32(43-40(55)59-31-11-8-9-12-31)38(53)50-26-29(24-33(50)36(52)44-41)51-45-34(27-14-16-30(58-2)17-15-27)35(46-51)37-42-18-23-60-37/h6,10,14-18,23,28-29,31-33H,3-5,7-9,11-13,19-22,24-26H2,1-2H3,(H,43,55)(H,44,52)(H,47,54)/b10-6+/t28-,29-,32-,33+,41-/m1/s1. The van der Waals surface area contributed by atoms with E-state index in [-0.39, 0.29) is 38.6 Å². The van der Waals surface area contributed by atoms with Crippen LogP contribution in [-0.4, -0.2) is 137 Å². The Hall–Kier alpha value is -4.92. The number of hydrogen-bond donors (Lipinski definition) is 3. The maximum Gasteiger partial charge on any atom is 0.408 e. The summed E-state index contributed by atoms with van der Waals surface area (Å²) in [5.41, 5.74) is 0.277. The molecule has 18 nitrogen and oxygen atoms in total. The van der Waals surface area contributed by atoms with Gasteiger partial charge in [0.25, 0.3) is 5.91 Å². The molecule has 0 spiro atoms. The van der Waals surface area contributed by atoms with Gasteiger partial charge >= 0.3 is 16.3 Å². The van der Waals surface area contributed by atoms with E-state index >= 15 is 0 Å². The molecule has 0 radical (unpaired) electrons. The summed E-state index contributed by atoms with van der Waals surface area (Å²) in [4.78, 5) is 66.5. The lowest BCUT2D eigenvalue weighted by atomic mass is 10.0. The summed E-state index contributed by atoms with van der Waals surface area (Å²) in [6, 6.07) is 4.67. The first-order valence-electron chi connectivity index (χ1n) is 21.2. The number of allylic oxidation sites excluding steroid dienone is 1. The van der Waals surface area contributed by atoms with Crippen molar-refractivity contribution in [2.45, 2.75) is 100 Å². The number of ether oxygens (including phenoxy) is 2. The van der Waals surface area contributed by atoms with Crippen molar-refractivity contribution in [3.8, 4) is 27.7 Å². The number of nitrogens with one attached hydrogen (secondary N) is 3. The number of fused-ring (bicyclic) bond motifs is 2. The van der Waals surface area contributed by atoms with E-state index in [0.29, 0.717) is 54.5 Å². The number of alkyl carbamates (subject to hydrolysis) is 1. The van der Waals surface area contributed by atoms with Crippen LogP contribution in [0.5, 0.6) is 5.75 Å². The van der Waals surface area contributed by atoms with Crippen molar-refractivity contribution < 1.29 is 37.1 Å². The molecule has 4 fully saturated rings. The lowest BCUT2D eigenvalue weighted by Gasteiger charge is -2.32. The van der Waals surface area contributed by atoms with E-state index < -0.39 is 63.6 Å². The molecule has 5 atom stereocenters. The average Bonchev–Trinajstić information content (AvgIpc) is 3.90. The van der Waals surface area contributed by atoms with E-state index in [1.54, 1.807) is 13.3 Å². The van der Waals surface area contributed by atoms with Crippen LogP contribution in [0.4, 0.5) is 4.79 Å². The molecule has 20 heteroatoms. The number of benzene rings is 1. The Bertz CT molecular complexity index is 2200. The highest BCUT2D eigenvalue weighted by Gasteiger charge is 2.62. The lowest BCUT2D eigenvalue weighted by molar-refractivity contribution is -0.141. The largest absolute Gasteiger partial charge is 0.497 e. The third kappa shape index (κ3) is 9.46. The van der Waals surface area contributed by atoms with Crippen LogP contribution in [0.3, 0.4) is 0 Å². The van der Waals surface area contributed by atoms with Gasteiger partial charge in [-0.15, -0.1) is 16.4 Å². The van der Waals surface area contributed by atoms with Gasteiger partial charge in [-0.05, 0) is 82.7 Å². The molecule has 5 aliphatic rings. The van der Waals surface area contributed by atoms with Gasteiger partial charge < -0.3 is 29.9 Å². The molecule has 3 aliphatic heterocycles. The highest BCUT2D eigenvalue weighted by Crippen LogP contribution is 2.46. The van der Waals surface area contributed by atoms with Gasteiger partial charge in [0.1, 0.15) is 45.9 Å². The van der Waals surface area contributed by atoms with Crippen LogP contribution < -0.4 is 20.1 Å². The van der Waals surface area contributed by atoms with Crippen LogP contribution in [0.1, 0.15) is 76.7 Å². The molecule has 328 valence electrons. The van der Waals surface area contributed by atoms with Crippen molar-refractivity contribution in [1.82, 2.24) is 49.4 Å². The molecule has 5 heterocycles. The number of methoxy groups -OCH3 is 1. The van der Waals surface area contributed by atoms with Crippen molar-refractivity contribution in [3.63, 3.8) is 0 Å². The van der Waals surface area contributed by atoms with E-state index in [4.69, 9.17) is 19.7 Å². The molecule has 4 amide bonds. The Balaban J connectivity index is 1.11. The summed E-state index contributed by atoms with van der Waals surface area (Å²) < 4.78 is 41.6. The Morgan fingerprint density at radius 2 is 1.70 bits per heavy atom. The molecular formula is C41H54N10O8S2. The number of hydrogen-bond acceptors (Lipinski definition) is 13. The number of piperazine rings is 1. The molecule has 3 aromatic rings. The maximum absolute atomic E-state index is 14.8. The zero-order valence-electron chi connectivity index (χ0n) is 34.5. The second-order valence-electron chi connectivity index (χ2n) is 16.7. The van der Waals surface area contributed by atoms with Gasteiger partial charge in [0.05, 0.1) is 13.2 Å². The first kappa shape index (κ1) is 42.8. The summed E-state index contributed by atoms with van der Waals surface area (Å²) in [5.74, 6) is -1.71. The second-order valence-corrected chi connectivity index (χ2v) is 19.2. The second kappa shape index (κ2) is 18.2.